The van der Waals surface area contributed by atoms with Crippen LogP contribution in [-0.2, 0) is 4.79 Å². The van der Waals surface area contributed by atoms with Gasteiger partial charge >= 0.3 is 5.92 Å². The van der Waals surface area contributed by atoms with Crippen LogP contribution in [0.15, 0.2) is 11.3 Å². The number of amides is 1. The van der Waals surface area contributed by atoms with Gasteiger partial charge in [0.05, 0.1) is 14.6 Å². The van der Waals surface area contributed by atoms with E-state index in [4.69, 9.17) is 0 Å². The average Bonchev–Trinajstić information content (AvgIpc) is 2.52. The van der Waals surface area contributed by atoms with Crippen molar-refractivity contribution >= 4 is 14.0 Å². The van der Waals surface area contributed by atoms with Crippen molar-refractivity contribution in [3.05, 3.63) is 11.3 Å². The van der Waals surface area contributed by atoms with Crippen LogP contribution >= 0.6 is 0 Å². The minimum atomic E-state index is -3.31. The molecule has 1 amide bonds. The van der Waals surface area contributed by atoms with Crippen molar-refractivity contribution in [1.82, 2.24) is 4.90 Å². The third-order valence-corrected chi connectivity index (χ3v) is 4.49. The van der Waals surface area contributed by atoms with Crippen molar-refractivity contribution in [2.75, 3.05) is 6.54 Å². The van der Waals surface area contributed by atoms with E-state index in [0.29, 0.717) is 0 Å². The molecule has 17 heavy (non-hydrogen) atoms. The molecule has 2 aliphatic rings. The summed E-state index contributed by atoms with van der Waals surface area (Å²) >= 11 is 0. The Hall–Kier alpha value is -0.753. The maximum atomic E-state index is 14.2. The van der Waals surface area contributed by atoms with E-state index in [2.05, 4.69) is 0 Å². The van der Waals surface area contributed by atoms with Crippen molar-refractivity contribution < 1.29 is 18.7 Å². The Balaban J connectivity index is 2.43. The smallest absolute Gasteiger partial charge is 0.317 e. The summed E-state index contributed by atoms with van der Waals surface area (Å²) in [5, 5.41) is 10.0. The van der Waals surface area contributed by atoms with Crippen LogP contribution in [0, 0.1) is 0 Å². The van der Waals surface area contributed by atoms with Gasteiger partial charge < -0.3 is 10.0 Å². The molecule has 1 atom stereocenters. The second-order valence-corrected chi connectivity index (χ2v) is 10.9. The molecule has 0 saturated carbocycles. The third kappa shape index (κ3) is 1.74. The second-order valence-electron chi connectivity index (χ2n) is 5.91. The number of hydrogen-bond donors (Lipinski definition) is 1. The lowest BCUT2D eigenvalue weighted by molar-refractivity contribution is -0.194. The molecular formula is C11H17F2NO2Si. The standard InChI is InChI=1S/C11H17F2NO2Si/c1-17(2,3)7-8-6-14-9(15)4-5-10(14,16)11(8,12)13/h7,16H,4-6H2,1-3H3/b8-7+. The van der Waals surface area contributed by atoms with Gasteiger partial charge in [-0.2, -0.15) is 8.78 Å². The van der Waals surface area contributed by atoms with Crippen LogP contribution in [0.2, 0.25) is 19.6 Å². The maximum Gasteiger partial charge on any atom is 0.317 e. The summed E-state index contributed by atoms with van der Waals surface area (Å²) in [5.41, 5.74) is -0.779. The SMILES string of the molecule is C[Si](C)(C)/C=C1\CN2C(=O)CCC2(O)C1(F)F. The van der Waals surface area contributed by atoms with E-state index in [0.717, 1.165) is 4.90 Å². The lowest BCUT2D eigenvalue weighted by atomic mass is 10.0. The van der Waals surface area contributed by atoms with Crippen LogP contribution < -0.4 is 0 Å². The predicted molar refractivity (Wildman–Crippen MR) is 62.3 cm³/mol. The van der Waals surface area contributed by atoms with Crippen molar-refractivity contribution in [2.45, 2.75) is 44.1 Å². The Morgan fingerprint density at radius 1 is 1.41 bits per heavy atom. The molecule has 2 aliphatic heterocycles. The number of alkyl halides is 2. The molecular weight excluding hydrogens is 244 g/mol. The molecule has 0 aromatic rings. The first-order valence-electron chi connectivity index (χ1n) is 5.71. The molecule has 2 rings (SSSR count). The molecule has 2 saturated heterocycles. The zero-order valence-electron chi connectivity index (χ0n) is 10.3. The quantitative estimate of drug-likeness (QED) is 0.731. The van der Waals surface area contributed by atoms with E-state index < -0.39 is 19.7 Å². The fourth-order valence-corrected chi connectivity index (χ4v) is 3.81. The average molecular weight is 261 g/mol. The molecule has 1 N–H and O–H groups in total. The topological polar surface area (TPSA) is 40.5 Å². The van der Waals surface area contributed by atoms with Crippen molar-refractivity contribution in [2.24, 2.45) is 0 Å². The van der Waals surface area contributed by atoms with Gasteiger partial charge in [0.25, 0.3) is 0 Å². The van der Waals surface area contributed by atoms with E-state index in [1.807, 2.05) is 19.6 Å². The zero-order chi connectivity index (χ0) is 13.1. The molecule has 0 aromatic carbocycles. The van der Waals surface area contributed by atoms with Crippen LogP contribution in [-0.4, -0.2) is 42.2 Å². The first-order chi connectivity index (χ1) is 7.58. The number of carbonyl (C=O) groups is 1. The number of halogens is 2. The highest BCUT2D eigenvalue weighted by Gasteiger charge is 2.67. The van der Waals surface area contributed by atoms with Gasteiger partial charge in [-0.05, 0) is 0 Å². The normalized spacial score (nSPS) is 34.6. The lowest BCUT2D eigenvalue weighted by Crippen LogP contribution is -2.51. The highest BCUT2D eigenvalue weighted by Crippen LogP contribution is 2.50. The van der Waals surface area contributed by atoms with Gasteiger partial charge in [0.15, 0.2) is 0 Å². The number of carbonyl (C=O) groups excluding carboxylic acids is 1. The molecule has 96 valence electrons. The van der Waals surface area contributed by atoms with Crippen LogP contribution in [0.3, 0.4) is 0 Å². The molecule has 0 aliphatic carbocycles. The second kappa shape index (κ2) is 3.38. The highest BCUT2D eigenvalue weighted by atomic mass is 28.3. The molecule has 0 aromatic heterocycles. The van der Waals surface area contributed by atoms with Crippen LogP contribution in [0.1, 0.15) is 12.8 Å². The van der Waals surface area contributed by atoms with E-state index in [9.17, 15) is 18.7 Å². The fourth-order valence-electron chi connectivity index (χ4n) is 2.49. The van der Waals surface area contributed by atoms with Gasteiger partial charge in [-0.15, -0.1) is 0 Å². The van der Waals surface area contributed by atoms with Gasteiger partial charge in [0, 0.05) is 18.4 Å². The molecule has 0 spiro atoms. The summed E-state index contributed by atoms with van der Waals surface area (Å²) in [4.78, 5) is 12.4. The summed E-state index contributed by atoms with van der Waals surface area (Å²) in [6.07, 6.45) is -0.172. The first kappa shape index (κ1) is 12.7. The number of fused-ring (bicyclic) bond motifs is 1. The number of aliphatic hydroxyl groups is 1. The van der Waals surface area contributed by atoms with Crippen molar-refractivity contribution in [3.8, 4) is 0 Å². The van der Waals surface area contributed by atoms with Gasteiger partial charge in [-0.1, -0.05) is 25.3 Å². The maximum absolute atomic E-state index is 14.2. The zero-order valence-corrected chi connectivity index (χ0v) is 11.3. The Morgan fingerprint density at radius 2 is 2.00 bits per heavy atom. The third-order valence-electron chi connectivity index (χ3n) is 3.28. The first-order valence-corrected chi connectivity index (χ1v) is 9.28. The molecule has 0 radical (unpaired) electrons. The number of nitrogens with zero attached hydrogens (tertiary/aromatic N) is 1. The van der Waals surface area contributed by atoms with Crippen molar-refractivity contribution in [1.29, 1.82) is 0 Å². The van der Waals surface area contributed by atoms with E-state index >= 15 is 0 Å². The minimum absolute atomic E-state index is 0.00627. The monoisotopic (exact) mass is 261 g/mol. The Kier molecular flexibility index (Phi) is 2.53. The molecule has 3 nitrogen and oxygen atoms in total. The molecule has 6 heteroatoms. The van der Waals surface area contributed by atoms with Crippen LogP contribution in [0.4, 0.5) is 8.78 Å². The summed E-state index contributed by atoms with van der Waals surface area (Å²) in [5.74, 6) is -3.69. The summed E-state index contributed by atoms with van der Waals surface area (Å²) in [7, 11) is -1.80. The molecule has 0 bridgehead atoms. The summed E-state index contributed by atoms with van der Waals surface area (Å²) < 4.78 is 28.3. The summed E-state index contributed by atoms with van der Waals surface area (Å²) in [6, 6.07) is 0. The largest absolute Gasteiger partial charge is 0.365 e. The van der Waals surface area contributed by atoms with Crippen LogP contribution in [0.5, 0.6) is 0 Å². The molecule has 1 unspecified atom stereocenters. The molecule has 2 fully saturated rings. The van der Waals surface area contributed by atoms with E-state index in [1.165, 1.54) is 0 Å². The van der Waals surface area contributed by atoms with E-state index in [-0.39, 0.29) is 30.9 Å². The molecule has 2 heterocycles. The predicted octanol–water partition coefficient (Wildman–Crippen LogP) is 1.75. The number of rotatable bonds is 1. The van der Waals surface area contributed by atoms with Crippen molar-refractivity contribution in [3.63, 3.8) is 0 Å². The van der Waals surface area contributed by atoms with Crippen LogP contribution in [0.25, 0.3) is 0 Å². The number of hydrogen-bond acceptors (Lipinski definition) is 2. The highest BCUT2D eigenvalue weighted by molar-refractivity contribution is 6.81. The van der Waals surface area contributed by atoms with Gasteiger partial charge in [0.2, 0.25) is 11.6 Å². The minimum Gasteiger partial charge on any atom is -0.365 e. The van der Waals surface area contributed by atoms with Gasteiger partial charge in [-0.25, -0.2) is 0 Å². The fraction of sp³-hybridized carbons (Fsp3) is 0.727. The summed E-state index contributed by atoms with van der Waals surface area (Å²) in [6.45, 7) is 5.72. The van der Waals surface area contributed by atoms with Gasteiger partial charge in [-0.3, -0.25) is 4.79 Å². The Bertz CT molecular complexity index is 403. The van der Waals surface area contributed by atoms with Gasteiger partial charge in [0.1, 0.15) is 0 Å². The Labute approximate surface area is 100 Å². The lowest BCUT2D eigenvalue weighted by Gasteiger charge is -2.30. The van der Waals surface area contributed by atoms with E-state index in [1.54, 1.807) is 5.70 Å². The Morgan fingerprint density at radius 3 is 2.47 bits per heavy atom.